The summed E-state index contributed by atoms with van der Waals surface area (Å²) in [5.41, 5.74) is -0.139. The molecule has 0 aliphatic heterocycles. The molecule has 3 aliphatic rings. The standard InChI is InChI=1S/C15H14N2O5/c18-16(19)9-2-1-8(13(5-9)17(20)21)7-22-14-6-12-10-3-4-11(10)15(12)14/h1-5,10-12,14-15H,6-7H2/t10-,11-,12-,14+,15-/m0/s1. The van der Waals surface area contributed by atoms with Gasteiger partial charge in [0.2, 0.25) is 0 Å². The maximum atomic E-state index is 11.1. The van der Waals surface area contributed by atoms with Gasteiger partial charge < -0.3 is 4.74 Å². The molecule has 0 saturated heterocycles. The Labute approximate surface area is 125 Å². The molecule has 22 heavy (non-hydrogen) atoms. The van der Waals surface area contributed by atoms with Crippen molar-refractivity contribution in [3.8, 4) is 0 Å². The van der Waals surface area contributed by atoms with E-state index in [9.17, 15) is 20.2 Å². The largest absolute Gasteiger partial charge is 0.373 e. The maximum Gasteiger partial charge on any atom is 0.281 e. The van der Waals surface area contributed by atoms with E-state index in [0.29, 0.717) is 17.4 Å². The summed E-state index contributed by atoms with van der Waals surface area (Å²) in [6, 6.07) is 3.69. The fraction of sp³-hybridized carbons (Fsp3) is 0.467. The van der Waals surface area contributed by atoms with Crippen LogP contribution in [0.25, 0.3) is 0 Å². The van der Waals surface area contributed by atoms with Crippen molar-refractivity contribution in [2.75, 3.05) is 0 Å². The zero-order valence-electron chi connectivity index (χ0n) is 11.6. The van der Waals surface area contributed by atoms with E-state index in [-0.39, 0.29) is 24.1 Å². The average molecular weight is 302 g/mol. The first-order valence-electron chi connectivity index (χ1n) is 7.28. The molecule has 1 aromatic rings. The van der Waals surface area contributed by atoms with E-state index in [1.54, 1.807) is 0 Å². The lowest BCUT2D eigenvalue weighted by Gasteiger charge is -2.65. The summed E-state index contributed by atoms with van der Waals surface area (Å²) >= 11 is 0. The number of nitrogens with zero attached hydrogens (tertiary/aromatic N) is 2. The van der Waals surface area contributed by atoms with Crippen molar-refractivity contribution in [1.82, 2.24) is 0 Å². The fourth-order valence-electron chi connectivity index (χ4n) is 3.98. The van der Waals surface area contributed by atoms with Crippen LogP contribution in [0.2, 0.25) is 0 Å². The zero-order valence-corrected chi connectivity index (χ0v) is 11.6. The highest BCUT2D eigenvalue weighted by atomic mass is 16.6. The first-order valence-corrected chi connectivity index (χ1v) is 7.28. The Morgan fingerprint density at radius 3 is 2.50 bits per heavy atom. The second-order valence-corrected chi connectivity index (χ2v) is 6.19. The predicted molar refractivity (Wildman–Crippen MR) is 76.0 cm³/mol. The monoisotopic (exact) mass is 302 g/mol. The average Bonchev–Trinajstić information content (AvgIpc) is 2.46. The van der Waals surface area contributed by atoms with E-state index >= 15 is 0 Å². The second kappa shape index (κ2) is 4.61. The van der Waals surface area contributed by atoms with E-state index < -0.39 is 9.85 Å². The third kappa shape index (κ3) is 1.78. The molecule has 2 fully saturated rings. The van der Waals surface area contributed by atoms with Gasteiger partial charge in [-0.2, -0.15) is 0 Å². The van der Waals surface area contributed by atoms with Crippen LogP contribution in [-0.4, -0.2) is 16.0 Å². The summed E-state index contributed by atoms with van der Waals surface area (Å²) < 4.78 is 5.83. The number of allylic oxidation sites excluding steroid dienone is 2. The molecule has 3 aliphatic carbocycles. The van der Waals surface area contributed by atoms with Crippen LogP contribution in [0.3, 0.4) is 0 Å². The van der Waals surface area contributed by atoms with Gasteiger partial charge in [-0.1, -0.05) is 12.2 Å². The van der Waals surface area contributed by atoms with E-state index in [2.05, 4.69) is 12.2 Å². The van der Waals surface area contributed by atoms with Crippen LogP contribution in [0.5, 0.6) is 0 Å². The molecule has 0 spiro atoms. The Kier molecular flexibility index (Phi) is 2.80. The summed E-state index contributed by atoms with van der Waals surface area (Å²) in [6.45, 7) is 0.128. The zero-order chi connectivity index (χ0) is 15.4. The highest BCUT2D eigenvalue weighted by Gasteiger charge is 2.62. The summed E-state index contributed by atoms with van der Waals surface area (Å²) in [5.74, 6) is 2.66. The number of nitro groups is 2. The molecule has 0 radical (unpaired) electrons. The van der Waals surface area contributed by atoms with Crippen LogP contribution in [-0.2, 0) is 11.3 Å². The molecule has 0 aromatic heterocycles. The molecule has 5 atom stereocenters. The Hall–Kier alpha value is -2.28. The van der Waals surface area contributed by atoms with Crippen molar-refractivity contribution >= 4 is 11.4 Å². The third-order valence-corrected chi connectivity index (χ3v) is 5.30. The first kappa shape index (κ1) is 13.4. The molecule has 114 valence electrons. The van der Waals surface area contributed by atoms with Crippen LogP contribution in [0.15, 0.2) is 30.4 Å². The van der Waals surface area contributed by atoms with Crippen molar-refractivity contribution in [3.63, 3.8) is 0 Å². The van der Waals surface area contributed by atoms with Crippen LogP contribution in [0.4, 0.5) is 11.4 Å². The van der Waals surface area contributed by atoms with E-state index in [4.69, 9.17) is 4.74 Å². The number of hydrogen-bond acceptors (Lipinski definition) is 5. The lowest BCUT2D eigenvalue weighted by molar-refractivity contribution is -0.394. The van der Waals surface area contributed by atoms with Crippen molar-refractivity contribution in [2.24, 2.45) is 23.7 Å². The van der Waals surface area contributed by atoms with E-state index in [0.717, 1.165) is 24.3 Å². The summed E-state index contributed by atoms with van der Waals surface area (Å²) in [4.78, 5) is 20.6. The Morgan fingerprint density at radius 2 is 1.91 bits per heavy atom. The van der Waals surface area contributed by atoms with Gasteiger partial charge in [-0.25, -0.2) is 0 Å². The summed E-state index contributed by atoms with van der Waals surface area (Å²) in [5, 5.41) is 21.8. The van der Waals surface area contributed by atoms with Crippen molar-refractivity contribution < 1.29 is 14.6 Å². The maximum absolute atomic E-state index is 11.1. The molecule has 0 N–H and O–H groups in total. The predicted octanol–water partition coefficient (Wildman–Crippen LogP) is 2.84. The lowest BCUT2D eigenvalue weighted by Crippen LogP contribution is -2.63. The van der Waals surface area contributed by atoms with Gasteiger partial charge in [0.15, 0.2) is 0 Å². The normalized spacial score (nSPS) is 33.7. The fourth-order valence-corrected chi connectivity index (χ4v) is 3.98. The molecule has 0 amide bonds. The lowest BCUT2D eigenvalue weighted by atomic mass is 9.42. The minimum atomic E-state index is -0.633. The number of benzene rings is 1. The highest BCUT2D eigenvalue weighted by Crippen LogP contribution is 2.64. The van der Waals surface area contributed by atoms with E-state index in [1.807, 2.05) is 0 Å². The quantitative estimate of drug-likeness (QED) is 0.473. The molecular weight excluding hydrogens is 288 g/mol. The van der Waals surface area contributed by atoms with Gasteiger partial charge in [-0.15, -0.1) is 0 Å². The number of fused-ring (bicyclic) bond motifs is 4. The molecule has 7 heteroatoms. The molecule has 0 heterocycles. The Bertz CT molecular complexity index is 701. The molecular formula is C15H14N2O5. The van der Waals surface area contributed by atoms with E-state index in [1.165, 1.54) is 12.1 Å². The summed E-state index contributed by atoms with van der Waals surface area (Å²) in [6.07, 6.45) is 5.64. The van der Waals surface area contributed by atoms with Gasteiger partial charge >= 0.3 is 0 Å². The number of hydrogen-bond donors (Lipinski definition) is 0. The third-order valence-electron chi connectivity index (χ3n) is 5.30. The Balaban J connectivity index is 1.45. The molecule has 7 nitrogen and oxygen atoms in total. The second-order valence-electron chi connectivity index (χ2n) is 6.19. The van der Waals surface area contributed by atoms with Gasteiger partial charge in [0, 0.05) is 6.07 Å². The summed E-state index contributed by atoms with van der Waals surface area (Å²) in [7, 11) is 0. The van der Waals surface area contributed by atoms with Crippen molar-refractivity contribution in [3.05, 3.63) is 56.1 Å². The number of non-ortho nitro benzene ring substituents is 1. The molecule has 0 unspecified atom stereocenters. The topological polar surface area (TPSA) is 95.5 Å². The minimum Gasteiger partial charge on any atom is -0.373 e. The molecule has 1 aromatic carbocycles. The highest BCUT2D eigenvalue weighted by molar-refractivity contribution is 5.48. The molecule has 4 rings (SSSR count). The number of rotatable bonds is 5. The Morgan fingerprint density at radius 1 is 1.14 bits per heavy atom. The van der Waals surface area contributed by atoms with Gasteiger partial charge in [-0.3, -0.25) is 20.2 Å². The van der Waals surface area contributed by atoms with Gasteiger partial charge in [0.05, 0.1) is 34.2 Å². The molecule has 0 bridgehead atoms. The van der Waals surface area contributed by atoms with Gasteiger partial charge in [-0.05, 0) is 36.2 Å². The van der Waals surface area contributed by atoms with Gasteiger partial charge in [0.25, 0.3) is 11.4 Å². The first-order chi connectivity index (χ1) is 10.6. The van der Waals surface area contributed by atoms with Crippen LogP contribution in [0.1, 0.15) is 12.0 Å². The van der Waals surface area contributed by atoms with Crippen LogP contribution >= 0.6 is 0 Å². The number of ether oxygens (including phenoxy) is 1. The number of nitro benzene ring substituents is 2. The smallest absolute Gasteiger partial charge is 0.281 e. The molecule has 2 saturated carbocycles. The van der Waals surface area contributed by atoms with Crippen molar-refractivity contribution in [1.29, 1.82) is 0 Å². The van der Waals surface area contributed by atoms with Crippen LogP contribution in [0, 0.1) is 43.9 Å². The SMILES string of the molecule is O=[N+]([O-])c1ccc(CO[C@@H]2C[C@H]3[C@H]4C=C[C@@H]4[C@@H]32)c([N+](=O)[O-])c1. The minimum absolute atomic E-state index is 0.128. The van der Waals surface area contributed by atoms with Crippen LogP contribution < -0.4 is 0 Å². The van der Waals surface area contributed by atoms with Gasteiger partial charge in [0.1, 0.15) is 0 Å². The van der Waals surface area contributed by atoms with Crippen molar-refractivity contribution in [2.45, 2.75) is 19.1 Å².